The van der Waals surface area contributed by atoms with Crippen molar-refractivity contribution >= 4 is 11.0 Å². The minimum atomic E-state index is -0.598. The Morgan fingerprint density at radius 3 is 2.52 bits per heavy atom. The Kier molecular flexibility index (Phi) is 2.98. The standard InChI is InChI=1S/C18H12N2O3/c21-17-13-8-4-5-9-15(13)23-18(22)16(17)14-10-11-19-20(14)12-6-2-1-3-7-12/h1-11,21H. The van der Waals surface area contributed by atoms with Crippen molar-refractivity contribution in [2.45, 2.75) is 0 Å². The van der Waals surface area contributed by atoms with E-state index in [9.17, 15) is 9.90 Å². The topological polar surface area (TPSA) is 68.3 Å². The highest BCUT2D eigenvalue weighted by Crippen LogP contribution is 2.33. The third kappa shape index (κ3) is 2.10. The number of benzene rings is 2. The second kappa shape index (κ2) is 5.14. The van der Waals surface area contributed by atoms with E-state index in [1.165, 1.54) is 0 Å². The molecule has 23 heavy (non-hydrogen) atoms. The van der Waals surface area contributed by atoms with Gasteiger partial charge in [0.2, 0.25) is 0 Å². The summed E-state index contributed by atoms with van der Waals surface area (Å²) in [6.45, 7) is 0. The lowest BCUT2D eigenvalue weighted by atomic mass is 10.1. The molecule has 0 fully saturated rings. The van der Waals surface area contributed by atoms with E-state index in [1.807, 2.05) is 30.3 Å². The van der Waals surface area contributed by atoms with Gasteiger partial charge < -0.3 is 9.52 Å². The van der Waals surface area contributed by atoms with E-state index in [4.69, 9.17) is 4.42 Å². The van der Waals surface area contributed by atoms with Gasteiger partial charge in [-0.05, 0) is 30.3 Å². The van der Waals surface area contributed by atoms with Gasteiger partial charge in [-0.15, -0.1) is 0 Å². The van der Waals surface area contributed by atoms with Crippen LogP contribution < -0.4 is 5.63 Å². The summed E-state index contributed by atoms with van der Waals surface area (Å²) >= 11 is 0. The Morgan fingerprint density at radius 1 is 0.957 bits per heavy atom. The van der Waals surface area contributed by atoms with Gasteiger partial charge in [-0.3, -0.25) is 0 Å². The van der Waals surface area contributed by atoms with E-state index in [-0.39, 0.29) is 11.3 Å². The molecule has 2 heterocycles. The van der Waals surface area contributed by atoms with Crippen LogP contribution in [0.25, 0.3) is 27.9 Å². The summed E-state index contributed by atoms with van der Waals surface area (Å²) in [5.41, 5.74) is 1.13. The molecule has 0 radical (unpaired) electrons. The van der Waals surface area contributed by atoms with Gasteiger partial charge in [0, 0.05) is 0 Å². The molecular formula is C18H12N2O3. The molecule has 2 aromatic carbocycles. The predicted octanol–water partition coefficient (Wildman–Crippen LogP) is 3.35. The van der Waals surface area contributed by atoms with Crippen molar-refractivity contribution < 1.29 is 9.52 Å². The second-order valence-corrected chi connectivity index (χ2v) is 5.07. The first kappa shape index (κ1) is 13.3. The minimum Gasteiger partial charge on any atom is -0.506 e. The van der Waals surface area contributed by atoms with Crippen molar-refractivity contribution in [2.24, 2.45) is 0 Å². The highest BCUT2D eigenvalue weighted by molar-refractivity contribution is 5.89. The number of hydrogen-bond acceptors (Lipinski definition) is 4. The van der Waals surface area contributed by atoms with Crippen LogP contribution in [0.5, 0.6) is 5.75 Å². The average Bonchev–Trinajstić information content (AvgIpc) is 3.05. The summed E-state index contributed by atoms with van der Waals surface area (Å²) in [7, 11) is 0. The molecule has 0 spiro atoms. The van der Waals surface area contributed by atoms with Crippen LogP contribution in [0.15, 0.2) is 76.1 Å². The normalized spacial score (nSPS) is 11.0. The maximum atomic E-state index is 12.4. The smallest absolute Gasteiger partial charge is 0.349 e. The van der Waals surface area contributed by atoms with E-state index in [0.29, 0.717) is 16.7 Å². The van der Waals surface area contributed by atoms with Crippen molar-refractivity contribution in [3.05, 3.63) is 77.3 Å². The Hall–Kier alpha value is -3.34. The first-order valence-electron chi connectivity index (χ1n) is 7.10. The second-order valence-electron chi connectivity index (χ2n) is 5.07. The van der Waals surface area contributed by atoms with Crippen LogP contribution in [0.4, 0.5) is 0 Å². The zero-order valence-electron chi connectivity index (χ0n) is 12.0. The van der Waals surface area contributed by atoms with E-state index in [1.54, 1.807) is 41.2 Å². The van der Waals surface area contributed by atoms with Crippen molar-refractivity contribution in [2.75, 3.05) is 0 Å². The molecule has 0 atom stereocenters. The summed E-state index contributed by atoms with van der Waals surface area (Å²) in [5.74, 6) is -0.102. The maximum Gasteiger partial charge on any atom is 0.349 e. The van der Waals surface area contributed by atoms with E-state index in [0.717, 1.165) is 5.69 Å². The average molecular weight is 304 g/mol. The fraction of sp³-hybridized carbons (Fsp3) is 0. The van der Waals surface area contributed by atoms with Crippen LogP contribution in [0.3, 0.4) is 0 Å². The third-order valence-electron chi connectivity index (χ3n) is 3.69. The molecule has 0 aliphatic carbocycles. The Balaban J connectivity index is 2.02. The van der Waals surface area contributed by atoms with Gasteiger partial charge >= 0.3 is 5.63 Å². The number of fused-ring (bicyclic) bond motifs is 1. The molecule has 5 nitrogen and oxygen atoms in total. The van der Waals surface area contributed by atoms with Gasteiger partial charge in [-0.2, -0.15) is 5.10 Å². The lowest BCUT2D eigenvalue weighted by Crippen LogP contribution is -2.08. The van der Waals surface area contributed by atoms with Gasteiger partial charge in [0.1, 0.15) is 16.9 Å². The van der Waals surface area contributed by atoms with Crippen LogP contribution in [0.1, 0.15) is 0 Å². The maximum absolute atomic E-state index is 12.4. The number of aromatic hydroxyl groups is 1. The molecule has 0 aliphatic rings. The number of aromatic nitrogens is 2. The monoisotopic (exact) mass is 304 g/mol. The highest BCUT2D eigenvalue weighted by Gasteiger charge is 2.19. The fourth-order valence-corrected chi connectivity index (χ4v) is 2.63. The van der Waals surface area contributed by atoms with Crippen molar-refractivity contribution in [1.29, 1.82) is 0 Å². The minimum absolute atomic E-state index is 0.102. The molecule has 1 N–H and O–H groups in total. The largest absolute Gasteiger partial charge is 0.506 e. The first-order valence-corrected chi connectivity index (χ1v) is 7.10. The summed E-state index contributed by atoms with van der Waals surface area (Å²) in [5, 5.41) is 15.3. The lowest BCUT2D eigenvalue weighted by molar-refractivity contribution is 0.470. The van der Waals surface area contributed by atoms with E-state index >= 15 is 0 Å². The molecule has 0 saturated heterocycles. The molecule has 0 unspecified atom stereocenters. The zero-order chi connectivity index (χ0) is 15.8. The molecule has 5 heteroatoms. The Labute approximate surface area is 131 Å². The van der Waals surface area contributed by atoms with Gasteiger partial charge in [-0.25, -0.2) is 9.48 Å². The van der Waals surface area contributed by atoms with Gasteiger partial charge in [0.15, 0.2) is 0 Å². The molecule has 0 amide bonds. The summed E-state index contributed by atoms with van der Waals surface area (Å²) in [6, 6.07) is 18.0. The van der Waals surface area contributed by atoms with Crippen LogP contribution in [0, 0.1) is 0 Å². The Bertz CT molecular complexity index is 1050. The molecule has 4 aromatic rings. The molecule has 0 saturated carbocycles. The molecule has 0 aliphatic heterocycles. The van der Waals surface area contributed by atoms with Gasteiger partial charge in [-0.1, -0.05) is 30.3 Å². The lowest BCUT2D eigenvalue weighted by Gasteiger charge is -2.09. The van der Waals surface area contributed by atoms with Gasteiger partial charge in [0.25, 0.3) is 0 Å². The molecule has 112 valence electrons. The van der Waals surface area contributed by atoms with Crippen LogP contribution in [-0.2, 0) is 0 Å². The summed E-state index contributed by atoms with van der Waals surface area (Å²) in [4.78, 5) is 12.4. The Morgan fingerprint density at radius 2 is 1.70 bits per heavy atom. The molecular weight excluding hydrogens is 292 g/mol. The molecule has 0 bridgehead atoms. The van der Waals surface area contributed by atoms with Crippen molar-refractivity contribution in [1.82, 2.24) is 9.78 Å². The quantitative estimate of drug-likeness (QED) is 0.577. The summed E-state index contributed by atoms with van der Waals surface area (Å²) in [6.07, 6.45) is 1.58. The number of rotatable bonds is 2. The zero-order valence-corrected chi connectivity index (χ0v) is 12.0. The van der Waals surface area contributed by atoms with E-state index < -0.39 is 5.63 Å². The molecule has 4 rings (SSSR count). The molecule has 2 aromatic heterocycles. The first-order chi connectivity index (χ1) is 11.3. The number of hydrogen-bond donors (Lipinski definition) is 1. The summed E-state index contributed by atoms with van der Waals surface area (Å²) < 4.78 is 6.93. The predicted molar refractivity (Wildman–Crippen MR) is 86.7 cm³/mol. The van der Waals surface area contributed by atoms with Crippen LogP contribution >= 0.6 is 0 Å². The van der Waals surface area contributed by atoms with E-state index in [2.05, 4.69) is 5.10 Å². The number of nitrogens with zero attached hydrogens (tertiary/aromatic N) is 2. The van der Waals surface area contributed by atoms with Crippen molar-refractivity contribution in [3.8, 4) is 22.7 Å². The van der Waals surface area contributed by atoms with Gasteiger partial charge in [0.05, 0.1) is 23.0 Å². The van der Waals surface area contributed by atoms with Crippen molar-refractivity contribution in [3.63, 3.8) is 0 Å². The third-order valence-corrected chi connectivity index (χ3v) is 3.69. The van der Waals surface area contributed by atoms with Crippen LogP contribution in [-0.4, -0.2) is 14.9 Å². The SMILES string of the molecule is O=c1oc2ccccc2c(O)c1-c1ccnn1-c1ccccc1. The number of para-hydroxylation sites is 2. The highest BCUT2D eigenvalue weighted by atomic mass is 16.4. The fourth-order valence-electron chi connectivity index (χ4n) is 2.63. The van der Waals surface area contributed by atoms with Crippen LogP contribution in [0.2, 0.25) is 0 Å².